The number of carbonyl (C=O) groups excluding carboxylic acids is 1. The Hall–Kier alpha value is -2.40. The topological polar surface area (TPSA) is 41.6 Å². The molecule has 3 rings (SSSR count). The Balaban J connectivity index is 1.58. The molecular formula is C20H23FN2O2. The van der Waals surface area contributed by atoms with E-state index in [-0.39, 0.29) is 17.6 Å². The summed E-state index contributed by atoms with van der Waals surface area (Å²) in [4.78, 5) is 14.8. The lowest BCUT2D eigenvalue weighted by Gasteiger charge is -2.32. The molecule has 1 saturated heterocycles. The van der Waals surface area contributed by atoms with Gasteiger partial charge in [-0.3, -0.25) is 9.69 Å². The maximum absolute atomic E-state index is 13.0. The summed E-state index contributed by atoms with van der Waals surface area (Å²) in [5, 5.41) is 2.98. The Labute approximate surface area is 147 Å². The van der Waals surface area contributed by atoms with E-state index in [1.54, 1.807) is 19.2 Å². The van der Waals surface area contributed by atoms with Crippen molar-refractivity contribution < 1.29 is 13.9 Å². The average molecular weight is 342 g/mol. The van der Waals surface area contributed by atoms with Gasteiger partial charge < -0.3 is 10.1 Å². The van der Waals surface area contributed by atoms with Crippen LogP contribution in [0.5, 0.6) is 5.75 Å². The first-order valence-electron chi connectivity index (χ1n) is 8.56. The van der Waals surface area contributed by atoms with Gasteiger partial charge in [0.15, 0.2) is 0 Å². The predicted octanol–water partition coefficient (Wildman–Crippen LogP) is 3.69. The zero-order valence-corrected chi connectivity index (χ0v) is 14.4. The van der Waals surface area contributed by atoms with Gasteiger partial charge in [0.05, 0.1) is 13.0 Å². The van der Waals surface area contributed by atoms with Crippen LogP contribution in [-0.2, 0) is 11.3 Å². The molecule has 0 aromatic heterocycles. The van der Waals surface area contributed by atoms with E-state index in [4.69, 9.17) is 4.74 Å². The van der Waals surface area contributed by atoms with Gasteiger partial charge in [-0.2, -0.15) is 0 Å². The number of hydrogen-bond donors (Lipinski definition) is 1. The van der Waals surface area contributed by atoms with Crippen LogP contribution in [0.2, 0.25) is 0 Å². The SMILES string of the molecule is COc1cccc(NC(=O)[C@@H]2CCCN(Cc3ccc(F)cc3)C2)c1. The Morgan fingerprint density at radius 2 is 2.08 bits per heavy atom. The minimum absolute atomic E-state index is 0.0389. The van der Waals surface area contributed by atoms with Crippen molar-refractivity contribution in [2.24, 2.45) is 5.92 Å². The fourth-order valence-electron chi connectivity index (χ4n) is 3.21. The fourth-order valence-corrected chi connectivity index (χ4v) is 3.21. The third kappa shape index (κ3) is 4.79. The number of benzene rings is 2. The lowest BCUT2D eigenvalue weighted by Crippen LogP contribution is -2.40. The van der Waals surface area contributed by atoms with Crippen LogP contribution in [-0.4, -0.2) is 31.0 Å². The molecule has 2 aromatic carbocycles. The standard InChI is InChI=1S/C20H23FN2O2/c1-25-19-6-2-5-18(12-19)22-20(24)16-4-3-11-23(14-16)13-15-7-9-17(21)10-8-15/h2,5-10,12,16H,3-4,11,13-14H2,1H3,(H,22,24)/t16-/m1/s1. The summed E-state index contributed by atoms with van der Waals surface area (Å²) in [5.74, 6) is 0.495. The quantitative estimate of drug-likeness (QED) is 0.901. The number of carbonyl (C=O) groups is 1. The number of nitrogens with zero attached hydrogens (tertiary/aromatic N) is 1. The number of piperidine rings is 1. The molecule has 0 aliphatic carbocycles. The Morgan fingerprint density at radius 1 is 1.28 bits per heavy atom. The summed E-state index contributed by atoms with van der Waals surface area (Å²) in [7, 11) is 1.61. The molecule has 25 heavy (non-hydrogen) atoms. The minimum Gasteiger partial charge on any atom is -0.497 e. The highest BCUT2D eigenvalue weighted by molar-refractivity contribution is 5.92. The van der Waals surface area contributed by atoms with Crippen LogP contribution in [0.25, 0.3) is 0 Å². The van der Waals surface area contributed by atoms with Crippen LogP contribution in [0.1, 0.15) is 18.4 Å². The molecular weight excluding hydrogens is 319 g/mol. The highest BCUT2D eigenvalue weighted by Gasteiger charge is 2.25. The van der Waals surface area contributed by atoms with Crippen molar-refractivity contribution in [3.63, 3.8) is 0 Å². The minimum atomic E-state index is -0.224. The van der Waals surface area contributed by atoms with Crippen molar-refractivity contribution in [3.05, 3.63) is 59.9 Å². The lowest BCUT2D eigenvalue weighted by molar-refractivity contribution is -0.121. The summed E-state index contributed by atoms with van der Waals surface area (Å²) in [5.41, 5.74) is 1.82. The van der Waals surface area contributed by atoms with E-state index < -0.39 is 0 Å². The second-order valence-corrected chi connectivity index (χ2v) is 6.42. The molecule has 0 spiro atoms. The highest BCUT2D eigenvalue weighted by atomic mass is 19.1. The summed E-state index contributed by atoms with van der Waals surface area (Å²) in [6, 6.07) is 13.9. The zero-order chi connectivity index (χ0) is 17.6. The normalized spacial score (nSPS) is 17.9. The first kappa shape index (κ1) is 17.4. The van der Waals surface area contributed by atoms with Crippen molar-refractivity contribution in [3.8, 4) is 5.75 Å². The molecule has 2 aromatic rings. The molecule has 1 heterocycles. The fraction of sp³-hybridized carbons (Fsp3) is 0.350. The molecule has 1 fully saturated rings. The molecule has 1 aliphatic heterocycles. The average Bonchev–Trinajstić information content (AvgIpc) is 2.64. The Bertz CT molecular complexity index is 718. The molecule has 4 nitrogen and oxygen atoms in total. The van der Waals surface area contributed by atoms with Crippen molar-refractivity contribution in [1.29, 1.82) is 0 Å². The van der Waals surface area contributed by atoms with E-state index in [0.717, 1.165) is 42.9 Å². The molecule has 1 atom stereocenters. The molecule has 0 bridgehead atoms. The molecule has 1 amide bonds. The van der Waals surface area contributed by atoms with Crippen molar-refractivity contribution in [2.75, 3.05) is 25.5 Å². The van der Waals surface area contributed by atoms with Crippen LogP contribution in [0.4, 0.5) is 10.1 Å². The number of halogens is 1. The summed E-state index contributed by atoms with van der Waals surface area (Å²) < 4.78 is 18.2. The Morgan fingerprint density at radius 3 is 2.84 bits per heavy atom. The first-order chi connectivity index (χ1) is 12.1. The van der Waals surface area contributed by atoms with Crippen LogP contribution in [0.15, 0.2) is 48.5 Å². The van der Waals surface area contributed by atoms with Crippen molar-refractivity contribution in [2.45, 2.75) is 19.4 Å². The molecule has 0 radical (unpaired) electrons. The third-order valence-electron chi connectivity index (χ3n) is 4.53. The van der Waals surface area contributed by atoms with Gasteiger partial charge in [0.1, 0.15) is 11.6 Å². The molecule has 1 N–H and O–H groups in total. The van der Waals surface area contributed by atoms with E-state index in [2.05, 4.69) is 10.2 Å². The van der Waals surface area contributed by atoms with E-state index >= 15 is 0 Å². The molecule has 0 unspecified atom stereocenters. The second-order valence-electron chi connectivity index (χ2n) is 6.42. The van der Waals surface area contributed by atoms with E-state index in [1.807, 2.05) is 24.3 Å². The van der Waals surface area contributed by atoms with Gasteiger partial charge >= 0.3 is 0 Å². The van der Waals surface area contributed by atoms with Crippen LogP contribution in [0.3, 0.4) is 0 Å². The Kier molecular flexibility index (Phi) is 5.66. The second kappa shape index (κ2) is 8.12. The van der Waals surface area contributed by atoms with Crippen LogP contribution >= 0.6 is 0 Å². The van der Waals surface area contributed by atoms with E-state index in [0.29, 0.717) is 6.54 Å². The summed E-state index contributed by atoms with van der Waals surface area (Å²) >= 11 is 0. The number of anilines is 1. The molecule has 0 saturated carbocycles. The number of likely N-dealkylation sites (tertiary alicyclic amines) is 1. The van der Waals surface area contributed by atoms with Crippen molar-refractivity contribution in [1.82, 2.24) is 4.90 Å². The van der Waals surface area contributed by atoms with Gasteiger partial charge in [0.25, 0.3) is 0 Å². The van der Waals surface area contributed by atoms with Gasteiger partial charge in [-0.25, -0.2) is 4.39 Å². The van der Waals surface area contributed by atoms with Gasteiger partial charge in [0, 0.05) is 24.8 Å². The largest absolute Gasteiger partial charge is 0.497 e. The number of ether oxygens (including phenoxy) is 1. The summed E-state index contributed by atoms with van der Waals surface area (Å²) in [6.07, 6.45) is 1.87. The van der Waals surface area contributed by atoms with Gasteiger partial charge in [-0.1, -0.05) is 18.2 Å². The van der Waals surface area contributed by atoms with Crippen LogP contribution < -0.4 is 10.1 Å². The van der Waals surface area contributed by atoms with E-state index in [1.165, 1.54) is 12.1 Å². The number of nitrogens with one attached hydrogen (secondary N) is 1. The maximum Gasteiger partial charge on any atom is 0.228 e. The number of amides is 1. The maximum atomic E-state index is 13.0. The highest BCUT2D eigenvalue weighted by Crippen LogP contribution is 2.22. The smallest absolute Gasteiger partial charge is 0.228 e. The molecule has 132 valence electrons. The zero-order valence-electron chi connectivity index (χ0n) is 14.4. The first-order valence-corrected chi connectivity index (χ1v) is 8.56. The van der Waals surface area contributed by atoms with E-state index in [9.17, 15) is 9.18 Å². The summed E-state index contributed by atoms with van der Waals surface area (Å²) in [6.45, 7) is 2.41. The monoisotopic (exact) mass is 342 g/mol. The van der Waals surface area contributed by atoms with Crippen molar-refractivity contribution >= 4 is 11.6 Å². The third-order valence-corrected chi connectivity index (χ3v) is 4.53. The lowest BCUT2D eigenvalue weighted by atomic mass is 9.96. The molecule has 1 aliphatic rings. The van der Waals surface area contributed by atoms with Gasteiger partial charge in [-0.15, -0.1) is 0 Å². The number of hydrogen-bond acceptors (Lipinski definition) is 3. The predicted molar refractivity (Wildman–Crippen MR) is 96.0 cm³/mol. The molecule has 5 heteroatoms. The van der Waals surface area contributed by atoms with Crippen LogP contribution in [0, 0.1) is 11.7 Å². The van der Waals surface area contributed by atoms with Gasteiger partial charge in [-0.05, 0) is 49.2 Å². The number of methoxy groups -OCH3 is 1. The number of rotatable bonds is 5. The van der Waals surface area contributed by atoms with Gasteiger partial charge in [0.2, 0.25) is 5.91 Å².